The molecule has 0 radical (unpaired) electrons. The molecule has 0 spiro atoms. The van der Waals surface area contributed by atoms with Crippen molar-refractivity contribution in [2.75, 3.05) is 39.3 Å². The first-order valence-electron chi connectivity index (χ1n) is 9.60. The fraction of sp³-hybridized carbons (Fsp3) is 0.632. The number of carbonyl (C=O) groups excluding carboxylic acids is 1. The van der Waals surface area contributed by atoms with Gasteiger partial charge < -0.3 is 15.0 Å². The normalized spacial score (nSPS) is 17.7. The number of quaternary nitrogens is 1. The Morgan fingerprint density at radius 2 is 1.78 bits per heavy atom. The number of piperazine rings is 1. The predicted molar refractivity (Wildman–Crippen MR) is 104 cm³/mol. The van der Waals surface area contributed by atoms with Crippen LogP contribution in [0.4, 0.5) is 0 Å². The summed E-state index contributed by atoms with van der Waals surface area (Å²) in [6, 6.07) is 6.66. The lowest BCUT2D eigenvalue weighted by Crippen LogP contribution is -3.15. The second-order valence-corrected chi connectivity index (χ2v) is 9.27. The molecule has 27 heavy (non-hydrogen) atoms. The summed E-state index contributed by atoms with van der Waals surface area (Å²) in [5.41, 5.74) is 0. The molecule has 1 amide bonds. The zero-order chi connectivity index (χ0) is 20.0. The third-order valence-corrected chi connectivity index (χ3v) is 6.91. The molecule has 0 aliphatic carbocycles. The van der Waals surface area contributed by atoms with Crippen molar-refractivity contribution in [2.45, 2.75) is 38.6 Å². The van der Waals surface area contributed by atoms with Crippen molar-refractivity contribution >= 4 is 15.9 Å². The van der Waals surface area contributed by atoms with Gasteiger partial charge in [-0.3, -0.25) is 4.79 Å². The van der Waals surface area contributed by atoms with E-state index in [4.69, 9.17) is 4.74 Å². The second-order valence-electron chi connectivity index (χ2n) is 7.34. The van der Waals surface area contributed by atoms with Crippen LogP contribution in [0.2, 0.25) is 0 Å². The van der Waals surface area contributed by atoms with Crippen molar-refractivity contribution in [3.05, 3.63) is 24.3 Å². The molecule has 0 unspecified atom stereocenters. The average Bonchev–Trinajstić information content (AvgIpc) is 2.62. The van der Waals surface area contributed by atoms with Gasteiger partial charge in [-0.15, -0.1) is 0 Å². The molecule has 2 rings (SSSR count). The molecule has 0 bridgehead atoms. The summed E-state index contributed by atoms with van der Waals surface area (Å²) >= 11 is 0. The van der Waals surface area contributed by atoms with Crippen LogP contribution in [-0.4, -0.2) is 64.0 Å². The van der Waals surface area contributed by atoms with Gasteiger partial charge in [0.15, 0.2) is 6.54 Å². The van der Waals surface area contributed by atoms with Crippen LogP contribution in [-0.2, 0) is 14.8 Å². The van der Waals surface area contributed by atoms with Crippen LogP contribution in [0.3, 0.4) is 0 Å². The Balaban J connectivity index is 1.89. The van der Waals surface area contributed by atoms with E-state index >= 15 is 0 Å². The quantitative estimate of drug-likeness (QED) is 0.653. The van der Waals surface area contributed by atoms with Crippen LogP contribution in [0.5, 0.6) is 5.75 Å². The van der Waals surface area contributed by atoms with E-state index in [1.54, 1.807) is 24.3 Å². The van der Waals surface area contributed by atoms with E-state index in [0.29, 0.717) is 51.0 Å². The second kappa shape index (κ2) is 9.52. The molecule has 0 aromatic heterocycles. The lowest BCUT2D eigenvalue weighted by atomic mass is 10.1. The smallest absolute Gasteiger partial charge is 0.275 e. The molecule has 2 N–H and O–H groups in total. The summed E-state index contributed by atoms with van der Waals surface area (Å²) in [6.07, 6.45) is 0. The minimum Gasteiger partial charge on any atom is -0.494 e. The lowest BCUT2D eigenvalue weighted by molar-refractivity contribution is -0.895. The molecule has 1 fully saturated rings. The van der Waals surface area contributed by atoms with Gasteiger partial charge in [0.25, 0.3) is 5.91 Å². The first-order chi connectivity index (χ1) is 12.7. The maximum atomic E-state index is 12.8. The highest BCUT2D eigenvalue weighted by atomic mass is 32.2. The Bertz CT molecular complexity index is 711. The fourth-order valence-corrected chi connectivity index (χ4v) is 4.38. The molecule has 152 valence electrons. The molecule has 1 atom stereocenters. The van der Waals surface area contributed by atoms with Crippen molar-refractivity contribution in [2.24, 2.45) is 5.92 Å². The highest BCUT2D eigenvalue weighted by molar-refractivity contribution is 7.89. The van der Waals surface area contributed by atoms with Crippen LogP contribution in [0.15, 0.2) is 29.2 Å². The molecule has 8 heteroatoms. The van der Waals surface area contributed by atoms with E-state index < -0.39 is 10.0 Å². The van der Waals surface area contributed by atoms with Crippen LogP contribution in [0, 0.1) is 5.92 Å². The topological polar surface area (TPSA) is 80.2 Å². The summed E-state index contributed by atoms with van der Waals surface area (Å²) in [6.45, 7) is 11.0. The van der Waals surface area contributed by atoms with Gasteiger partial charge in [-0.1, -0.05) is 13.8 Å². The maximum Gasteiger partial charge on any atom is 0.275 e. The summed E-state index contributed by atoms with van der Waals surface area (Å²) < 4.78 is 32.5. The molecule has 7 nitrogen and oxygen atoms in total. The van der Waals surface area contributed by atoms with Crippen molar-refractivity contribution < 1.29 is 22.8 Å². The van der Waals surface area contributed by atoms with E-state index in [2.05, 4.69) is 19.2 Å². The molecule has 1 heterocycles. The highest BCUT2D eigenvalue weighted by Crippen LogP contribution is 2.19. The SMILES string of the molecule is CCOc1ccc(S(=O)(=O)N2CC[NH+](CC(=O)N[C@@H](C)C(C)C)CC2)cc1. The third kappa shape index (κ3) is 5.92. The summed E-state index contributed by atoms with van der Waals surface area (Å²) in [4.78, 5) is 13.5. The first kappa shape index (κ1) is 21.7. The van der Waals surface area contributed by atoms with Gasteiger partial charge in [-0.25, -0.2) is 8.42 Å². The molecule has 1 aliphatic rings. The van der Waals surface area contributed by atoms with E-state index in [1.807, 2.05) is 13.8 Å². The van der Waals surface area contributed by atoms with Crippen molar-refractivity contribution in [1.29, 1.82) is 0 Å². The van der Waals surface area contributed by atoms with Gasteiger partial charge in [0.2, 0.25) is 10.0 Å². The maximum absolute atomic E-state index is 12.8. The molecule has 1 aliphatic heterocycles. The number of ether oxygens (including phenoxy) is 1. The average molecular weight is 399 g/mol. The molecular formula is C19H32N3O4S+. The zero-order valence-corrected chi connectivity index (χ0v) is 17.5. The largest absolute Gasteiger partial charge is 0.494 e. The summed E-state index contributed by atoms with van der Waals surface area (Å²) in [7, 11) is -3.51. The lowest BCUT2D eigenvalue weighted by Gasteiger charge is -2.31. The van der Waals surface area contributed by atoms with Gasteiger partial charge in [0.1, 0.15) is 5.75 Å². The Labute approximate surface area is 162 Å². The summed E-state index contributed by atoms with van der Waals surface area (Å²) in [5, 5.41) is 3.01. The molecule has 1 aromatic carbocycles. The standard InChI is InChI=1S/C19H31N3O4S/c1-5-26-17-6-8-18(9-7-17)27(24,25)22-12-10-21(11-13-22)14-19(23)20-16(4)15(2)3/h6-9,15-16H,5,10-14H2,1-4H3,(H,20,23)/p+1/t16-/m0/s1. The van der Waals surface area contributed by atoms with Gasteiger partial charge in [-0.05, 0) is 44.0 Å². The number of hydrogen-bond acceptors (Lipinski definition) is 4. The van der Waals surface area contributed by atoms with Crippen LogP contribution in [0.1, 0.15) is 27.7 Å². The van der Waals surface area contributed by atoms with Gasteiger partial charge in [0, 0.05) is 6.04 Å². The number of sulfonamides is 1. The number of carbonyl (C=O) groups is 1. The number of rotatable bonds is 8. The molecule has 1 saturated heterocycles. The van der Waals surface area contributed by atoms with Crippen LogP contribution in [0.25, 0.3) is 0 Å². The highest BCUT2D eigenvalue weighted by Gasteiger charge is 2.31. The Kier molecular flexibility index (Phi) is 7.64. The minimum absolute atomic E-state index is 0.0222. The van der Waals surface area contributed by atoms with Crippen LogP contribution < -0.4 is 15.0 Å². The first-order valence-corrected chi connectivity index (χ1v) is 11.0. The van der Waals surface area contributed by atoms with Gasteiger partial charge in [-0.2, -0.15) is 4.31 Å². The number of nitrogens with zero attached hydrogens (tertiary/aromatic N) is 1. The third-order valence-electron chi connectivity index (χ3n) is 5.00. The predicted octanol–water partition coefficient (Wildman–Crippen LogP) is 0.135. The Hall–Kier alpha value is -1.64. The van der Waals surface area contributed by atoms with E-state index in [1.165, 1.54) is 4.31 Å². The van der Waals surface area contributed by atoms with Crippen LogP contribution >= 0.6 is 0 Å². The molecule has 0 saturated carbocycles. The molecule has 1 aromatic rings. The summed E-state index contributed by atoms with van der Waals surface area (Å²) in [5.74, 6) is 1.07. The number of amides is 1. The Morgan fingerprint density at radius 3 is 2.30 bits per heavy atom. The van der Waals surface area contributed by atoms with Gasteiger partial charge >= 0.3 is 0 Å². The Morgan fingerprint density at radius 1 is 1.19 bits per heavy atom. The van der Waals surface area contributed by atoms with Gasteiger partial charge in [0.05, 0.1) is 37.7 Å². The van der Waals surface area contributed by atoms with E-state index in [9.17, 15) is 13.2 Å². The molecular weight excluding hydrogens is 366 g/mol. The number of hydrogen-bond donors (Lipinski definition) is 2. The minimum atomic E-state index is -3.51. The number of benzene rings is 1. The zero-order valence-electron chi connectivity index (χ0n) is 16.7. The number of nitrogens with one attached hydrogen (secondary N) is 2. The monoisotopic (exact) mass is 398 g/mol. The fourth-order valence-electron chi connectivity index (χ4n) is 2.94. The van der Waals surface area contributed by atoms with Crippen molar-refractivity contribution in [3.8, 4) is 5.75 Å². The van der Waals surface area contributed by atoms with Crippen molar-refractivity contribution in [1.82, 2.24) is 9.62 Å². The van der Waals surface area contributed by atoms with Crippen molar-refractivity contribution in [3.63, 3.8) is 0 Å². The van der Waals surface area contributed by atoms with E-state index in [-0.39, 0.29) is 16.8 Å². The van der Waals surface area contributed by atoms with E-state index in [0.717, 1.165) is 4.90 Å².